The Morgan fingerprint density at radius 1 is 1.50 bits per heavy atom. The van der Waals surface area contributed by atoms with Crippen LogP contribution in [-0.4, -0.2) is 15.3 Å². The van der Waals surface area contributed by atoms with Gasteiger partial charge in [0, 0.05) is 25.0 Å². The van der Waals surface area contributed by atoms with Crippen LogP contribution >= 0.6 is 0 Å². The zero-order chi connectivity index (χ0) is 11.7. The lowest BCUT2D eigenvalue weighted by Crippen LogP contribution is -2.02. The first-order valence-electron chi connectivity index (χ1n) is 4.97. The van der Waals surface area contributed by atoms with Crippen molar-refractivity contribution in [2.24, 2.45) is 7.05 Å². The van der Waals surface area contributed by atoms with Crippen molar-refractivity contribution in [2.45, 2.75) is 6.92 Å². The van der Waals surface area contributed by atoms with Gasteiger partial charge < -0.3 is 10.3 Å². The van der Waals surface area contributed by atoms with Crippen molar-refractivity contribution in [3.63, 3.8) is 0 Å². The molecule has 0 fully saturated rings. The zero-order valence-corrected chi connectivity index (χ0v) is 9.27. The summed E-state index contributed by atoms with van der Waals surface area (Å²) < 4.78 is 1.80. The molecule has 0 atom stereocenters. The molecule has 4 nitrogen and oxygen atoms in total. The molecule has 0 aliphatic rings. The molecule has 0 bridgehead atoms. The fourth-order valence-corrected chi connectivity index (χ4v) is 1.69. The summed E-state index contributed by atoms with van der Waals surface area (Å²) in [4.78, 5) is 15.4. The van der Waals surface area contributed by atoms with Crippen LogP contribution in [0.15, 0.2) is 30.6 Å². The molecule has 2 aromatic heterocycles. The van der Waals surface area contributed by atoms with Crippen molar-refractivity contribution in [1.29, 1.82) is 0 Å². The van der Waals surface area contributed by atoms with Crippen LogP contribution in [0.2, 0.25) is 0 Å². The molecule has 82 valence electrons. The van der Waals surface area contributed by atoms with E-state index < -0.39 is 0 Å². The van der Waals surface area contributed by atoms with Crippen LogP contribution in [0.1, 0.15) is 17.3 Å². The highest BCUT2D eigenvalue weighted by atomic mass is 16.1. The molecule has 0 saturated heterocycles. The maximum atomic E-state index is 11.4. The summed E-state index contributed by atoms with van der Waals surface area (Å²) in [6.07, 6.45) is 3.46. The van der Waals surface area contributed by atoms with Gasteiger partial charge in [-0.15, -0.1) is 0 Å². The number of nitrogens with two attached hydrogens (primary N) is 1. The van der Waals surface area contributed by atoms with Gasteiger partial charge >= 0.3 is 0 Å². The Labute approximate surface area is 93.7 Å². The quantitative estimate of drug-likeness (QED) is 0.778. The Balaban J connectivity index is 2.60. The molecule has 0 aromatic carbocycles. The molecule has 0 saturated carbocycles. The number of hydrogen-bond acceptors (Lipinski definition) is 3. The van der Waals surface area contributed by atoms with Gasteiger partial charge in [-0.1, -0.05) is 0 Å². The number of nitrogens with zero attached hydrogens (tertiary/aromatic N) is 2. The average molecular weight is 215 g/mol. The first-order chi connectivity index (χ1) is 7.61. The molecule has 0 aliphatic carbocycles. The third-order valence-corrected chi connectivity index (χ3v) is 2.62. The smallest absolute Gasteiger partial charge is 0.163 e. The summed E-state index contributed by atoms with van der Waals surface area (Å²) in [6.45, 7) is 1.51. The van der Waals surface area contributed by atoms with E-state index in [1.807, 2.05) is 19.2 Å². The number of ketones is 1. The van der Waals surface area contributed by atoms with E-state index in [0.29, 0.717) is 11.4 Å². The first kappa shape index (κ1) is 10.4. The van der Waals surface area contributed by atoms with Crippen molar-refractivity contribution in [3.05, 3.63) is 36.2 Å². The lowest BCUT2D eigenvalue weighted by atomic mass is 10.1. The highest BCUT2D eigenvalue weighted by Gasteiger charge is 2.14. The third kappa shape index (κ3) is 1.58. The van der Waals surface area contributed by atoms with Gasteiger partial charge in [-0.05, 0) is 25.1 Å². The molecule has 0 radical (unpaired) electrons. The van der Waals surface area contributed by atoms with E-state index in [1.165, 1.54) is 6.92 Å². The third-order valence-electron chi connectivity index (χ3n) is 2.62. The van der Waals surface area contributed by atoms with Crippen molar-refractivity contribution in [3.8, 4) is 11.3 Å². The van der Waals surface area contributed by atoms with Crippen molar-refractivity contribution >= 4 is 11.6 Å². The minimum Gasteiger partial charge on any atom is -0.384 e. The van der Waals surface area contributed by atoms with Crippen LogP contribution in [0.3, 0.4) is 0 Å². The van der Waals surface area contributed by atoms with Gasteiger partial charge in [0.15, 0.2) is 5.78 Å². The number of nitrogen functional groups attached to an aromatic ring is 1. The fourth-order valence-electron chi connectivity index (χ4n) is 1.69. The van der Waals surface area contributed by atoms with Crippen LogP contribution < -0.4 is 5.73 Å². The molecule has 0 aliphatic heterocycles. The van der Waals surface area contributed by atoms with Crippen molar-refractivity contribution in [2.75, 3.05) is 5.73 Å². The van der Waals surface area contributed by atoms with E-state index in [1.54, 1.807) is 23.0 Å². The number of Topliss-reactive ketones (excluding diaryl/α,β-unsaturated/α-hetero) is 1. The molecule has 2 heterocycles. The van der Waals surface area contributed by atoms with Gasteiger partial charge in [-0.25, -0.2) is 0 Å². The maximum absolute atomic E-state index is 11.4. The largest absolute Gasteiger partial charge is 0.384 e. The van der Waals surface area contributed by atoms with Crippen LogP contribution in [0, 0.1) is 0 Å². The number of carbonyl (C=O) groups is 1. The molecule has 0 spiro atoms. The first-order valence-corrected chi connectivity index (χ1v) is 4.97. The predicted molar refractivity (Wildman–Crippen MR) is 63.1 cm³/mol. The molecular weight excluding hydrogens is 202 g/mol. The number of rotatable bonds is 2. The summed E-state index contributed by atoms with van der Waals surface area (Å²) in [5.74, 6) is 0.467. The van der Waals surface area contributed by atoms with Crippen molar-refractivity contribution < 1.29 is 4.79 Å². The standard InChI is InChI=1S/C12H13N3O/c1-8(16)10-6-11(15(2)12(10)13)9-4-3-5-14-7-9/h3-7H,13H2,1-2H3. The Bertz CT molecular complexity index is 529. The van der Waals surface area contributed by atoms with Gasteiger partial charge in [0.1, 0.15) is 5.82 Å². The minimum atomic E-state index is -0.0248. The molecule has 2 N–H and O–H groups in total. The van der Waals surface area contributed by atoms with Gasteiger partial charge in [-0.3, -0.25) is 9.78 Å². The summed E-state index contributed by atoms with van der Waals surface area (Å²) in [5.41, 5.74) is 8.27. The number of anilines is 1. The molecule has 0 unspecified atom stereocenters. The fraction of sp³-hybridized carbons (Fsp3) is 0.167. The van der Waals surface area contributed by atoms with E-state index in [0.717, 1.165) is 11.3 Å². The second kappa shape index (κ2) is 3.81. The topological polar surface area (TPSA) is 60.9 Å². The van der Waals surface area contributed by atoms with Crippen LogP contribution in [0.5, 0.6) is 0 Å². The molecule has 2 aromatic rings. The van der Waals surface area contributed by atoms with E-state index >= 15 is 0 Å². The number of carbonyl (C=O) groups excluding carboxylic acids is 1. The van der Waals surface area contributed by atoms with Gasteiger partial charge in [0.05, 0.1) is 11.3 Å². The average Bonchev–Trinajstić information content (AvgIpc) is 2.58. The summed E-state index contributed by atoms with van der Waals surface area (Å²) in [6, 6.07) is 5.59. The lowest BCUT2D eigenvalue weighted by Gasteiger charge is -2.03. The second-order valence-corrected chi connectivity index (χ2v) is 3.69. The maximum Gasteiger partial charge on any atom is 0.163 e. The summed E-state index contributed by atoms with van der Waals surface area (Å²) in [7, 11) is 1.84. The van der Waals surface area contributed by atoms with Gasteiger partial charge in [-0.2, -0.15) is 0 Å². The number of hydrogen-bond donors (Lipinski definition) is 1. The van der Waals surface area contributed by atoms with E-state index in [-0.39, 0.29) is 5.78 Å². The van der Waals surface area contributed by atoms with Crippen molar-refractivity contribution in [1.82, 2.24) is 9.55 Å². The second-order valence-electron chi connectivity index (χ2n) is 3.69. The minimum absolute atomic E-state index is 0.0248. The molecule has 4 heteroatoms. The van der Waals surface area contributed by atoms with Gasteiger partial charge in [0.2, 0.25) is 0 Å². The molecule has 16 heavy (non-hydrogen) atoms. The van der Waals surface area contributed by atoms with Crippen LogP contribution in [-0.2, 0) is 7.05 Å². The lowest BCUT2D eigenvalue weighted by molar-refractivity contribution is 0.101. The number of aromatic nitrogens is 2. The van der Waals surface area contributed by atoms with Crippen LogP contribution in [0.4, 0.5) is 5.82 Å². The summed E-state index contributed by atoms with van der Waals surface area (Å²) in [5, 5.41) is 0. The highest BCUT2D eigenvalue weighted by molar-refractivity contribution is 6.00. The van der Waals surface area contributed by atoms with E-state index in [4.69, 9.17) is 5.73 Å². The highest BCUT2D eigenvalue weighted by Crippen LogP contribution is 2.26. The molecule has 2 rings (SSSR count). The Morgan fingerprint density at radius 2 is 2.25 bits per heavy atom. The Morgan fingerprint density at radius 3 is 2.75 bits per heavy atom. The SMILES string of the molecule is CC(=O)c1cc(-c2cccnc2)n(C)c1N. The molecule has 0 amide bonds. The zero-order valence-electron chi connectivity index (χ0n) is 9.27. The van der Waals surface area contributed by atoms with E-state index in [2.05, 4.69) is 4.98 Å². The predicted octanol–water partition coefficient (Wildman–Crippen LogP) is 1.87. The monoisotopic (exact) mass is 215 g/mol. The Kier molecular flexibility index (Phi) is 2.48. The van der Waals surface area contributed by atoms with Gasteiger partial charge in [0.25, 0.3) is 0 Å². The van der Waals surface area contributed by atoms with Crippen LogP contribution in [0.25, 0.3) is 11.3 Å². The Hall–Kier alpha value is -2.10. The van der Waals surface area contributed by atoms with E-state index in [9.17, 15) is 4.79 Å². The number of pyridine rings is 1. The molecular formula is C12H13N3O. The summed E-state index contributed by atoms with van der Waals surface area (Å²) >= 11 is 0. The normalized spacial score (nSPS) is 10.4.